The number of benzene rings is 2. The summed E-state index contributed by atoms with van der Waals surface area (Å²) in [5.74, 6) is 1.01. The maximum Gasteiger partial charge on any atom is 0.280 e. The largest absolute Gasteiger partial charge is 0.497 e. The number of hydrogen-bond donors (Lipinski definition) is 2. The summed E-state index contributed by atoms with van der Waals surface area (Å²) in [5, 5.41) is 10.6. The third-order valence-corrected chi connectivity index (χ3v) is 5.17. The Morgan fingerprint density at radius 1 is 0.968 bits per heavy atom. The van der Waals surface area contributed by atoms with Gasteiger partial charge >= 0.3 is 0 Å². The first-order valence-corrected chi connectivity index (χ1v) is 10.1. The fraction of sp³-hybridized carbons (Fsp3) is 0.250. The normalized spacial score (nSPS) is 12.8. The summed E-state index contributed by atoms with van der Waals surface area (Å²) < 4.78 is 11.0. The van der Waals surface area contributed by atoms with Crippen LogP contribution in [0.2, 0.25) is 0 Å². The smallest absolute Gasteiger partial charge is 0.280 e. The van der Waals surface area contributed by atoms with Gasteiger partial charge in [-0.05, 0) is 74.6 Å². The number of rotatable bonds is 8. The first-order chi connectivity index (χ1) is 15.0. The molecule has 31 heavy (non-hydrogen) atoms. The van der Waals surface area contributed by atoms with Crippen molar-refractivity contribution in [2.45, 2.75) is 6.42 Å². The summed E-state index contributed by atoms with van der Waals surface area (Å²) in [6.45, 7) is 1.59. The van der Waals surface area contributed by atoms with Gasteiger partial charge in [-0.3, -0.25) is 4.79 Å². The van der Waals surface area contributed by atoms with Crippen LogP contribution in [0.4, 0.5) is 0 Å². The average molecular weight is 419 g/mol. The minimum atomic E-state index is -0.378. The Bertz CT molecular complexity index is 1110. The van der Waals surface area contributed by atoms with Crippen molar-refractivity contribution >= 4 is 11.6 Å². The number of fused-ring (bicyclic) bond motifs is 1. The molecule has 2 aromatic carbocycles. The lowest BCUT2D eigenvalue weighted by Gasteiger charge is -2.10. The molecule has 0 fully saturated rings. The molecule has 2 heterocycles. The molecular weight excluding hydrogens is 394 g/mol. The molecule has 2 N–H and O–H groups in total. The number of carbonyl (C=O) groups is 1. The van der Waals surface area contributed by atoms with Crippen LogP contribution < -0.4 is 9.47 Å². The molecule has 1 aliphatic heterocycles. The van der Waals surface area contributed by atoms with Crippen LogP contribution in [0.3, 0.4) is 0 Å². The van der Waals surface area contributed by atoms with Crippen molar-refractivity contribution in [3.63, 3.8) is 0 Å². The minimum absolute atomic E-state index is 0.0746. The molecule has 7 nitrogen and oxygen atoms in total. The highest BCUT2D eigenvalue weighted by Crippen LogP contribution is 2.38. The Labute approximate surface area is 181 Å². The molecule has 0 spiro atoms. The number of H-pyrrole nitrogens is 1. The molecule has 160 valence electrons. The third-order valence-electron chi connectivity index (χ3n) is 5.17. The Hall–Kier alpha value is -3.58. The number of aromatic nitrogens is 1. The predicted molar refractivity (Wildman–Crippen MR) is 120 cm³/mol. The van der Waals surface area contributed by atoms with E-state index in [0.29, 0.717) is 34.9 Å². The number of carbonyl (C=O) groups excluding carboxylic acids is 1. The van der Waals surface area contributed by atoms with Crippen molar-refractivity contribution in [2.24, 2.45) is 4.99 Å². The molecule has 7 heteroatoms. The van der Waals surface area contributed by atoms with E-state index in [1.165, 1.54) is 0 Å². The van der Waals surface area contributed by atoms with E-state index in [-0.39, 0.29) is 11.8 Å². The van der Waals surface area contributed by atoms with Gasteiger partial charge < -0.3 is 24.5 Å². The quantitative estimate of drug-likeness (QED) is 0.544. The average Bonchev–Trinajstić information content (AvgIpc) is 3.30. The zero-order chi connectivity index (χ0) is 22.0. The van der Waals surface area contributed by atoms with E-state index >= 15 is 0 Å². The molecule has 1 aliphatic rings. The topological polar surface area (TPSA) is 87.2 Å². The van der Waals surface area contributed by atoms with Crippen LogP contribution in [0.1, 0.15) is 27.9 Å². The SMILES string of the molecule is COc1ccc(-c2[nH]c(O)c3c2C(=O)N=C3c2ccc(OCCCN(C)C)cc2)cc1. The van der Waals surface area contributed by atoms with Crippen LogP contribution in [-0.2, 0) is 0 Å². The van der Waals surface area contributed by atoms with E-state index in [0.717, 1.165) is 29.8 Å². The van der Waals surface area contributed by atoms with E-state index < -0.39 is 0 Å². The highest BCUT2D eigenvalue weighted by molar-refractivity contribution is 6.30. The van der Waals surface area contributed by atoms with Gasteiger partial charge in [-0.15, -0.1) is 0 Å². The maximum atomic E-state index is 12.7. The van der Waals surface area contributed by atoms with E-state index in [1.807, 2.05) is 50.5 Å². The predicted octanol–water partition coefficient (Wildman–Crippen LogP) is 3.72. The number of amides is 1. The van der Waals surface area contributed by atoms with Crippen molar-refractivity contribution < 1.29 is 19.4 Å². The standard InChI is InChI=1S/C24H25N3O4/c1-27(2)13-4-14-31-18-11-7-16(8-12-18)22-20-19(23(28)26-22)21(25-24(20)29)15-5-9-17(30-3)10-6-15/h5-12,25,29H,4,13-14H2,1-3H3. The van der Waals surface area contributed by atoms with Crippen LogP contribution in [0.5, 0.6) is 17.4 Å². The molecule has 0 unspecified atom stereocenters. The lowest BCUT2D eigenvalue weighted by Crippen LogP contribution is -2.15. The monoisotopic (exact) mass is 419 g/mol. The highest BCUT2D eigenvalue weighted by atomic mass is 16.5. The van der Waals surface area contributed by atoms with Gasteiger partial charge in [0.1, 0.15) is 11.5 Å². The zero-order valence-corrected chi connectivity index (χ0v) is 17.8. The second-order valence-corrected chi connectivity index (χ2v) is 7.62. The summed E-state index contributed by atoms with van der Waals surface area (Å²) >= 11 is 0. The summed E-state index contributed by atoms with van der Waals surface area (Å²) in [5.41, 5.74) is 3.30. The molecule has 0 bridgehead atoms. The molecule has 0 saturated heterocycles. The second-order valence-electron chi connectivity index (χ2n) is 7.62. The van der Waals surface area contributed by atoms with Gasteiger partial charge in [0.05, 0.1) is 36.2 Å². The Balaban J connectivity index is 1.57. The Morgan fingerprint density at radius 3 is 2.26 bits per heavy atom. The van der Waals surface area contributed by atoms with Crippen molar-refractivity contribution in [3.05, 3.63) is 65.2 Å². The van der Waals surface area contributed by atoms with E-state index in [1.54, 1.807) is 19.2 Å². The lowest BCUT2D eigenvalue weighted by molar-refractivity contribution is 0.101. The van der Waals surface area contributed by atoms with Crippen LogP contribution in [0.15, 0.2) is 53.5 Å². The van der Waals surface area contributed by atoms with E-state index in [2.05, 4.69) is 14.9 Å². The summed E-state index contributed by atoms with van der Waals surface area (Å²) in [7, 11) is 5.66. The molecule has 4 rings (SSSR count). The van der Waals surface area contributed by atoms with Gasteiger partial charge in [0.2, 0.25) is 0 Å². The van der Waals surface area contributed by atoms with Gasteiger partial charge in [0.25, 0.3) is 5.91 Å². The number of aromatic amines is 1. The first kappa shape index (κ1) is 20.7. The summed E-state index contributed by atoms with van der Waals surface area (Å²) in [6.07, 6.45) is 0.935. The molecular formula is C24H25N3O4. The molecule has 3 aromatic rings. The second kappa shape index (κ2) is 8.65. The zero-order valence-electron chi connectivity index (χ0n) is 17.8. The number of ether oxygens (including phenoxy) is 2. The minimum Gasteiger partial charge on any atom is -0.497 e. The summed E-state index contributed by atoms with van der Waals surface area (Å²) in [6, 6.07) is 14.7. The van der Waals surface area contributed by atoms with Crippen LogP contribution in [0.25, 0.3) is 11.3 Å². The Morgan fingerprint density at radius 2 is 1.61 bits per heavy atom. The van der Waals surface area contributed by atoms with Crippen molar-refractivity contribution in [2.75, 3.05) is 34.4 Å². The number of aromatic hydroxyl groups is 1. The molecule has 0 atom stereocenters. The number of aliphatic imine (C=N–C) groups is 1. The molecule has 0 radical (unpaired) electrons. The Kier molecular flexibility index (Phi) is 5.77. The van der Waals surface area contributed by atoms with Crippen molar-refractivity contribution in [3.8, 4) is 28.6 Å². The van der Waals surface area contributed by atoms with Crippen molar-refractivity contribution in [1.82, 2.24) is 9.88 Å². The number of hydrogen-bond acceptors (Lipinski definition) is 5. The van der Waals surface area contributed by atoms with Gasteiger partial charge in [-0.2, -0.15) is 0 Å². The fourth-order valence-electron chi connectivity index (χ4n) is 3.61. The van der Waals surface area contributed by atoms with Crippen LogP contribution in [-0.4, -0.2) is 61.0 Å². The highest BCUT2D eigenvalue weighted by Gasteiger charge is 2.33. The van der Waals surface area contributed by atoms with Gasteiger partial charge in [-0.25, -0.2) is 4.99 Å². The molecule has 0 aliphatic carbocycles. The van der Waals surface area contributed by atoms with E-state index in [4.69, 9.17) is 9.47 Å². The maximum absolute atomic E-state index is 12.7. The van der Waals surface area contributed by atoms with Gasteiger partial charge in [0, 0.05) is 12.1 Å². The van der Waals surface area contributed by atoms with Crippen molar-refractivity contribution in [1.29, 1.82) is 0 Å². The van der Waals surface area contributed by atoms with Crippen LogP contribution >= 0.6 is 0 Å². The number of methoxy groups -OCH3 is 1. The molecule has 1 amide bonds. The van der Waals surface area contributed by atoms with Gasteiger partial charge in [0.15, 0.2) is 5.88 Å². The number of nitrogens with one attached hydrogen (secondary N) is 1. The molecule has 1 aromatic heterocycles. The summed E-state index contributed by atoms with van der Waals surface area (Å²) in [4.78, 5) is 22.0. The first-order valence-electron chi connectivity index (χ1n) is 10.1. The van der Waals surface area contributed by atoms with Gasteiger partial charge in [-0.1, -0.05) is 0 Å². The number of nitrogens with zero attached hydrogens (tertiary/aromatic N) is 2. The fourth-order valence-corrected chi connectivity index (χ4v) is 3.61. The van der Waals surface area contributed by atoms with Crippen LogP contribution in [0, 0.1) is 0 Å². The lowest BCUT2D eigenvalue weighted by atomic mass is 10.00. The molecule has 0 saturated carbocycles. The van der Waals surface area contributed by atoms with E-state index in [9.17, 15) is 9.90 Å². The third kappa shape index (κ3) is 4.18.